The molecule has 1 aromatic rings. The summed E-state index contributed by atoms with van der Waals surface area (Å²) in [7, 11) is 1.84. The minimum atomic E-state index is 0.0214. The molecule has 0 aromatic heterocycles. The van der Waals surface area contributed by atoms with E-state index >= 15 is 0 Å². The molecule has 0 spiro atoms. The van der Waals surface area contributed by atoms with E-state index < -0.39 is 0 Å². The van der Waals surface area contributed by atoms with Crippen LogP contribution in [-0.2, 0) is 0 Å². The Bertz CT molecular complexity index is 415. The number of carbonyl (C=O) groups is 1. The Kier molecular flexibility index (Phi) is 3.06. The molecular formula is C12H15ClN2O. The van der Waals surface area contributed by atoms with Crippen LogP contribution in [0.3, 0.4) is 0 Å². The maximum atomic E-state index is 12.1. The van der Waals surface area contributed by atoms with Crippen LogP contribution >= 0.6 is 11.6 Å². The molecule has 1 saturated carbocycles. The molecule has 16 heavy (non-hydrogen) atoms. The fraction of sp³-hybridized carbons (Fsp3) is 0.417. The highest BCUT2D eigenvalue weighted by molar-refractivity contribution is 6.33. The Morgan fingerprint density at radius 3 is 2.69 bits per heavy atom. The molecule has 0 radical (unpaired) electrons. The average molecular weight is 239 g/mol. The SMILES string of the molecule is CN(C(=O)c1ccc(Cl)c(N)c1)C1CCC1. The number of nitrogens with two attached hydrogens (primary N) is 1. The largest absolute Gasteiger partial charge is 0.398 e. The Morgan fingerprint density at radius 2 is 2.19 bits per heavy atom. The second kappa shape index (κ2) is 4.34. The summed E-state index contributed by atoms with van der Waals surface area (Å²) in [5, 5.41) is 0.489. The summed E-state index contributed by atoms with van der Waals surface area (Å²) in [5.74, 6) is 0.0214. The topological polar surface area (TPSA) is 46.3 Å². The molecule has 2 N–H and O–H groups in total. The fourth-order valence-electron chi connectivity index (χ4n) is 1.82. The second-order valence-electron chi connectivity index (χ2n) is 4.24. The van der Waals surface area contributed by atoms with Crippen molar-refractivity contribution in [2.75, 3.05) is 12.8 Å². The number of carbonyl (C=O) groups excluding carboxylic acids is 1. The summed E-state index contributed by atoms with van der Waals surface area (Å²) >= 11 is 5.82. The normalized spacial score (nSPS) is 15.6. The van der Waals surface area contributed by atoms with Crippen LogP contribution in [0.25, 0.3) is 0 Å². The molecule has 0 bridgehead atoms. The Balaban J connectivity index is 2.16. The summed E-state index contributed by atoms with van der Waals surface area (Å²) in [6, 6.07) is 5.42. The molecule has 1 aromatic carbocycles. The van der Waals surface area contributed by atoms with Crippen LogP contribution in [0.1, 0.15) is 29.6 Å². The van der Waals surface area contributed by atoms with Crippen LogP contribution < -0.4 is 5.73 Å². The molecule has 0 unspecified atom stereocenters. The molecule has 1 aliphatic rings. The van der Waals surface area contributed by atoms with E-state index in [0.717, 1.165) is 12.8 Å². The summed E-state index contributed by atoms with van der Waals surface area (Å²) in [5.41, 5.74) is 6.74. The van der Waals surface area contributed by atoms with Crippen molar-refractivity contribution in [1.29, 1.82) is 0 Å². The quantitative estimate of drug-likeness (QED) is 0.805. The highest BCUT2D eigenvalue weighted by Crippen LogP contribution is 2.26. The van der Waals surface area contributed by atoms with Gasteiger partial charge in [-0.1, -0.05) is 11.6 Å². The van der Waals surface area contributed by atoms with E-state index in [0.29, 0.717) is 22.3 Å². The predicted molar refractivity (Wildman–Crippen MR) is 65.6 cm³/mol. The van der Waals surface area contributed by atoms with E-state index in [1.54, 1.807) is 23.1 Å². The lowest BCUT2D eigenvalue weighted by Gasteiger charge is -2.34. The maximum Gasteiger partial charge on any atom is 0.253 e. The number of nitrogens with zero attached hydrogens (tertiary/aromatic N) is 1. The van der Waals surface area contributed by atoms with Crippen LogP contribution in [0.2, 0.25) is 5.02 Å². The molecular weight excluding hydrogens is 224 g/mol. The lowest BCUT2D eigenvalue weighted by atomic mass is 9.91. The molecule has 4 heteroatoms. The zero-order valence-corrected chi connectivity index (χ0v) is 10.00. The first-order chi connectivity index (χ1) is 7.59. The molecule has 86 valence electrons. The van der Waals surface area contributed by atoms with Gasteiger partial charge in [0.15, 0.2) is 0 Å². The van der Waals surface area contributed by atoms with Gasteiger partial charge in [-0.05, 0) is 37.5 Å². The van der Waals surface area contributed by atoms with E-state index in [1.165, 1.54) is 6.42 Å². The van der Waals surface area contributed by atoms with Crippen molar-refractivity contribution in [1.82, 2.24) is 4.90 Å². The minimum absolute atomic E-state index is 0.0214. The minimum Gasteiger partial charge on any atom is -0.398 e. The molecule has 1 amide bonds. The summed E-state index contributed by atoms with van der Waals surface area (Å²) in [6.45, 7) is 0. The third-order valence-electron chi connectivity index (χ3n) is 3.19. The van der Waals surface area contributed by atoms with Gasteiger partial charge in [-0.15, -0.1) is 0 Å². The molecule has 0 aliphatic heterocycles. The maximum absolute atomic E-state index is 12.1. The van der Waals surface area contributed by atoms with Gasteiger partial charge in [0.1, 0.15) is 0 Å². The van der Waals surface area contributed by atoms with Crippen molar-refractivity contribution < 1.29 is 4.79 Å². The molecule has 0 saturated heterocycles. The van der Waals surface area contributed by atoms with Crippen LogP contribution in [0, 0.1) is 0 Å². The lowest BCUT2D eigenvalue weighted by molar-refractivity contribution is 0.0652. The van der Waals surface area contributed by atoms with Gasteiger partial charge in [-0.25, -0.2) is 0 Å². The first kappa shape index (κ1) is 11.3. The van der Waals surface area contributed by atoms with E-state index in [1.807, 2.05) is 7.05 Å². The number of hydrogen-bond donors (Lipinski definition) is 1. The number of rotatable bonds is 2. The van der Waals surface area contributed by atoms with Crippen molar-refractivity contribution in [3.05, 3.63) is 28.8 Å². The van der Waals surface area contributed by atoms with Gasteiger partial charge in [0.05, 0.1) is 10.7 Å². The number of halogens is 1. The zero-order valence-electron chi connectivity index (χ0n) is 9.24. The van der Waals surface area contributed by atoms with Crippen molar-refractivity contribution in [3.8, 4) is 0 Å². The van der Waals surface area contributed by atoms with Crippen molar-refractivity contribution in [3.63, 3.8) is 0 Å². The molecule has 1 fully saturated rings. The monoisotopic (exact) mass is 238 g/mol. The number of amides is 1. The van der Waals surface area contributed by atoms with Crippen LogP contribution in [0.4, 0.5) is 5.69 Å². The number of anilines is 1. The standard InChI is InChI=1S/C12H15ClN2O/c1-15(9-3-2-4-9)12(16)8-5-6-10(13)11(14)7-8/h5-7,9H,2-4,14H2,1H3. The summed E-state index contributed by atoms with van der Waals surface area (Å²) in [4.78, 5) is 13.9. The third kappa shape index (κ3) is 2.00. The molecule has 0 heterocycles. The van der Waals surface area contributed by atoms with Gasteiger partial charge in [-0.3, -0.25) is 4.79 Å². The zero-order chi connectivity index (χ0) is 11.7. The van der Waals surface area contributed by atoms with Gasteiger partial charge in [0, 0.05) is 18.7 Å². The molecule has 1 aliphatic carbocycles. The highest BCUT2D eigenvalue weighted by Gasteiger charge is 2.26. The highest BCUT2D eigenvalue weighted by atomic mass is 35.5. The smallest absolute Gasteiger partial charge is 0.253 e. The lowest BCUT2D eigenvalue weighted by Crippen LogP contribution is -2.41. The van der Waals surface area contributed by atoms with E-state index in [4.69, 9.17) is 17.3 Å². The molecule has 0 atom stereocenters. The van der Waals surface area contributed by atoms with E-state index in [2.05, 4.69) is 0 Å². The van der Waals surface area contributed by atoms with Crippen molar-refractivity contribution in [2.45, 2.75) is 25.3 Å². The number of nitrogen functional groups attached to an aromatic ring is 1. The molecule has 2 rings (SSSR count). The van der Waals surface area contributed by atoms with Gasteiger partial charge in [0.25, 0.3) is 5.91 Å². The van der Waals surface area contributed by atoms with E-state index in [-0.39, 0.29) is 5.91 Å². The Hall–Kier alpha value is -1.22. The van der Waals surface area contributed by atoms with Gasteiger partial charge in [0.2, 0.25) is 0 Å². The van der Waals surface area contributed by atoms with Gasteiger partial charge in [-0.2, -0.15) is 0 Å². The second-order valence-corrected chi connectivity index (χ2v) is 4.64. The first-order valence-corrected chi connectivity index (χ1v) is 5.79. The third-order valence-corrected chi connectivity index (χ3v) is 3.53. The average Bonchev–Trinajstić information content (AvgIpc) is 2.18. The number of benzene rings is 1. The predicted octanol–water partition coefficient (Wildman–Crippen LogP) is 2.55. The van der Waals surface area contributed by atoms with Gasteiger partial charge < -0.3 is 10.6 Å². The van der Waals surface area contributed by atoms with Crippen molar-refractivity contribution in [2.24, 2.45) is 0 Å². The van der Waals surface area contributed by atoms with Crippen LogP contribution in [-0.4, -0.2) is 23.9 Å². The van der Waals surface area contributed by atoms with Crippen LogP contribution in [0.15, 0.2) is 18.2 Å². The fourth-order valence-corrected chi connectivity index (χ4v) is 1.94. The van der Waals surface area contributed by atoms with E-state index in [9.17, 15) is 4.79 Å². The van der Waals surface area contributed by atoms with Gasteiger partial charge >= 0.3 is 0 Å². The Morgan fingerprint density at radius 1 is 1.50 bits per heavy atom. The first-order valence-electron chi connectivity index (χ1n) is 5.42. The summed E-state index contributed by atoms with van der Waals surface area (Å²) in [6.07, 6.45) is 3.42. The molecule has 3 nitrogen and oxygen atoms in total. The summed E-state index contributed by atoms with van der Waals surface area (Å²) < 4.78 is 0. The number of hydrogen-bond acceptors (Lipinski definition) is 2. The van der Waals surface area contributed by atoms with Crippen molar-refractivity contribution >= 4 is 23.2 Å². The van der Waals surface area contributed by atoms with Crippen LogP contribution in [0.5, 0.6) is 0 Å². The Labute approximate surface area is 100 Å².